The standard InChI is InChI=1S/C22H20BrN3O4/c23-15-4-5-17-16(11-15)22(28)25(13-24-17)12-21(27)26-7-1-2-18(26)14-3-6-19-20(10-14)30-9-8-29-19/h3-6,10-11,13,18H,1-2,7-9,12H2. The smallest absolute Gasteiger partial charge is 0.261 e. The molecule has 0 radical (unpaired) electrons. The van der Waals surface area contributed by atoms with Gasteiger partial charge in [-0.3, -0.25) is 14.2 Å². The lowest BCUT2D eigenvalue weighted by molar-refractivity contribution is -0.132. The van der Waals surface area contributed by atoms with E-state index in [1.54, 1.807) is 12.1 Å². The summed E-state index contributed by atoms with van der Waals surface area (Å²) in [6, 6.07) is 11.2. The first-order chi connectivity index (χ1) is 14.6. The van der Waals surface area contributed by atoms with Crippen molar-refractivity contribution in [2.45, 2.75) is 25.4 Å². The van der Waals surface area contributed by atoms with Gasteiger partial charge < -0.3 is 14.4 Å². The molecule has 1 amide bonds. The maximum absolute atomic E-state index is 13.1. The lowest BCUT2D eigenvalue weighted by Crippen LogP contribution is -2.36. The molecule has 1 fully saturated rings. The zero-order valence-electron chi connectivity index (χ0n) is 16.2. The normalized spacial score (nSPS) is 18.0. The summed E-state index contributed by atoms with van der Waals surface area (Å²) < 4.78 is 13.5. The van der Waals surface area contributed by atoms with Gasteiger partial charge in [0.2, 0.25) is 5.91 Å². The molecule has 30 heavy (non-hydrogen) atoms. The summed E-state index contributed by atoms with van der Waals surface area (Å²) in [4.78, 5) is 32.1. The fourth-order valence-electron chi connectivity index (χ4n) is 4.16. The predicted octanol–water partition coefficient (Wildman–Crippen LogP) is 3.29. The molecule has 0 spiro atoms. The molecule has 3 heterocycles. The largest absolute Gasteiger partial charge is 0.486 e. The molecule has 0 N–H and O–H groups in total. The van der Waals surface area contributed by atoms with Crippen molar-refractivity contribution in [3.63, 3.8) is 0 Å². The van der Waals surface area contributed by atoms with Crippen molar-refractivity contribution in [3.05, 3.63) is 63.1 Å². The molecule has 1 saturated heterocycles. The van der Waals surface area contributed by atoms with Crippen LogP contribution in [0, 0.1) is 0 Å². The van der Waals surface area contributed by atoms with Gasteiger partial charge in [-0.25, -0.2) is 4.98 Å². The Hall–Kier alpha value is -2.87. The first-order valence-electron chi connectivity index (χ1n) is 9.94. The molecule has 7 nitrogen and oxygen atoms in total. The number of hydrogen-bond acceptors (Lipinski definition) is 5. The molecule has 1 atom stereocenters. The van der Waals surface area contributed by atoms with Crippen molar-refractivity contribution in [1.29, 1.82) is 0 Å². The van der Waals surface area contributed by atoms with Gasteiger partial charge in [0.1, 0.15) is 19.8 Å². The lowest BCUT2D eigenvalue weighted by Gasteiger charge is -2.27. The van der Waals surface area contributed by atoms with Crippen LogP contribution < -0.4 is 15.0 Å². The van der Waals surface area contributed by atoms with E-state index < -0.39 is 0 Å². The Labute approximate surface area is 181 Å². The number of benzene rings is 2. The van der Waals surface area contributed by atoms with Gasteiger partial charge in [-0.1, -0.05) is 22.0 Å². The fourth-order valence-corrected chi connectivity index (χ4v) is 4.52. The summed E-state index contributed by atoms with van der Waals surface area (Å²) in [6.07, 6.45) is 3.25. The van der Waals surface area contributed by atoms with Gasteiger partial charge in [-0.15, -0.1) is 0 Å². The van der Waals surface area contributed by atoms with Gasteiger partial charge in [0.05, 0.1) is 23.3 Å². The minimum Gasteiger partial charge on any atom is -0.486 e. The van der Waals surface area contributed by atoms with Crippen LogP contribution in [-0.4, -0.2) is 40.1 Å². The van der Waals surface area contributed by atoms with Gasteiger partial charge >= 0.3 is 0 Å². The van der Waals surface area contributed by atoms with Crippen LogP contribution >= 0.6 is 15.9 Å². The van der Waals surface area contributed by atoms with E-state index in [0.29, 0.717) is 30.7 Å². The molecule has 2 aromatic carbocycles. The van der Waals surface area contributed by atoms with Crippen molar-refractivity contribution in [2.75, 3.05) is 19.8 Å². The molecule has 0 bridgehead atoms. The number of carbonyl (C=O) groups is 1. The number of aromatic nitrogens is 2. The Morgan fingerprint density at radius 2 is 1.97 bits per heavy atom. The lowest BCUT2D eigenvalue weighted by atomic mass is 10.0. The van der Waals surface area contributed by atoms with Crippen molar-refractivity contribution in [2.24, 2.45) is 0 Å². The molecule has 2 aliphatic heterocycles. The molecule has 0 saturated carbocycles. The molecular weight excluding hydrogens is 450 g/mol. The van der Waals surface area contributed by atoms with Crippen LogP contribution in [0.15, 0.2) is 52.0 Å². The molecule has 1 unspecified atom stereocenters. The summed E-state index contributed by atoms with van der Waals surface area (Å²) in [7, 11) is 0. The van der Waals surface area contributed by atoms with Crippen molar-refractivity contribution < 1.29 is 14.3 Å². The van der Waals surface area contributed by atoms with Gasteiger partial charge in [0.25, 0.3) is 5.56 Å². The van der Waals surface area contributed by atoms with Gasteiger partial charge in [-0.2, -0.15) is 0 Å². The van der Waals surface area contributed by atoms with Crippen molar-refractivity contribution in [1.82, 2.24) is 14.5 Å². The van der Waals surface area contributed by atoms with Crippen LogP contribution in [0.25, 0.3) is 10.9 Å². The minimum atomic E-state index is -0.218. The Morgan fingerprint density at radius 3 is 2.83 bits per heavy atom. The number of nitrogens with zero attached hydrogens (tertiary/aromatic N) is 3. The number of likely N-dealkylation sites (tertiary alicyclic amines) is 1. The maximum Gasteiger partial charge on any atom is 0.261 e. The summed E-state index contributed by atoms with van der Waals surface area (Å²) >= 11 is 3.39. The van der Waals surface area contributed by atoms with E-state index in [9.17, 15) is 9.59 Å². The number of ether oxygens (including phenoxy) is 2. The molecule has 154 valence electrons. The van der Waals surface area contributed by atoms with Crippen molar-refractivity contribution in [3.8, 4) is 11.5 Å². The van der Waals surface area contributed by atoms with Crippen LogP contribution in [0.2, 0.25) is 0 Å². The summed E-state index contributed by atoms with van der Waals surface area (Å²) in [5.41, 5.74) is 1.42. The van der Waals surface area contributed by atoms with Crippen LogP contribution in [0.3, 0.4) is 0 Å². The minimum absolute atomic E-state index is 0.0324. The Morgan fingerprint density at radius 1 is 1.13 bits per heavy atom. The first-order valence-corrected chi connectivity index (χ1v) is 10.7. The van der Waals surface area contributed by atoms with Crippen LogP contribution in [-0.2, 0) is 11.3 Å². The molecule has 2 aliphatic rings. The highest BCUT2D eigenvalue weighted by molar-refractivity contribution is 9.10. The highest BCUT2D eigenvalue weighted by atomic mass is 79.9. The SMILES string of the molecule is O=C(Cn1cnc2ccc(Br)cc2c1=O)N1CCCC1c1ccc2c(c1)OCCO2. The summed E-state index contributed by atoms with van der Waals surface area (Å²) in [5, 5.41) is 0.490. The Balaban J connectivity index is 1.40. The first kappa shape index (κ1) is 19.1. The van der Waals surface area contributed by atoms with E-state index in [1.165, 1.54) is 10.9 Å². The third kappa shape index (κ3) is 3.45. The maximum atomic E-state index is 13.1. The number of rotatable bonds is 3. The van der Waals surface area contributed by atoms with E-state index in [1.807, 2.05) is 29.2 Å². The number of hydrogen-bond donors (Lipinski definition) is 0. The van der Waals surface area contributed by atoms with Crippen LogP contribution in [0.5, 0.6) is 11.5 Å². The Kier molecular flexibility index (Phi) is 4.94. The second-order valence-corrected chi connectivity index (χ2v) is 8.40. The number of halogens is 1. The van der Waals surface area contributed by atoms with Gasteiger partial charge in [0.15, 0.2) is 11.5 Å². The molecule has 1 aromatic heterocycles. The zero-order chi connectivity index (χ0) is 20.7. The fraction of sp³-hybridized carbons (Fsp3) is 0.318. The molecular formula is C22H20BrN3O4. The summed E-state index contributed by atoms with van der Waals surface area (Å²) in [5.74, 6) is 1.37. The second kappa shape index (κ2) is 7.75. The summed E-state index contributed by atoms with van der Waals surface area (Å²) in [6.45, 7) is 1.71. The molecule has 0 aliphatic carbocycles. The number of fused-ring (bicyclic) bond motifs is 2. The monoisotopic (exact) mass is 469 g/mol. The predicted molar refractivity (Wildman–Crippen MR) is 115 cm³/mol. The molecule has 3 aromatic rings. The number of carbonyl (C=O) groups excluding carboxylic acids is 1. The average molecular weight is 470 g/mol. The van der Waals surface area contributed by atoms with Gasteiger partial charge in [0, 0.05) is 11.0 Å². The zero-order valence-corrected chi connectivity index (χ0v) is 17.8. The van der Waals surface area contributed by atoms with Crippen LogP contribution in [0.4, 0.5) is 0 Å². The third-order valence-corrected chi connectivity index (χ3v) is 6.11. The quantitative estimate of drug-likeness (QED) is 0.588. The number of amides is 1. The topological polar surface area (TPSA) is 73.7 Å². The van der Waals surface area contributed by atoms with E-state index in [-0.39, 0.29) is 24.1 Å². The van der Waals surface area contributed by atoms with Crippen LogP contribution in [0.1, 0.15) is 24.4 Å². The van der Waals surface area contributed by atoms with Gasteiger partial charge in [-0.05, 0) is 48.7 Å². The second-order valence-electron chi connectivity index (χ2n) is 7.49. The van der Waals surface area contributed by atoms with E-state index >= 15 is 0 Å². The molecule has 8 heteroatoms. The third-order valence-electron chi connectivity index (χ3n) is 5.62. The van der Waals surface area contributed by atoms with E-state index in [2.05, 4.69) is 20.9 Å². The molecule has 5 rings (SSSR count). The van der Waals surface area contributed by atoms with Crippen molar-refractivity contribution >= 4 is 32.7 Å². The Bertz CT molecular complexity index is 1190. The average Bonchev–Trinajstić information content (AvgIpc) is 3.26. The van der Waals surface area contributed by atoms with E-state index in [4.69, 9.17) is 9.47 Å². The van der Waals surface area contributed by atoms with E-state index in [0.717, 1.165) is 34.4 Å². The highest BCUT2D eigenvalue weighted by Crippen LogP contribution is 2.38. The highest BCUT2D eigenvalue weighted by Gasteiger charge is 2.31.